The van der Waals surface area contributed by atoms with Crippen molar-refractivity contribution in [1.82, 2.24) is 0 Å². The molecule has 1 aromatic rings. The molecule has 3 heteroatoms. The van der Waals surface area contributed by atoms with Gasteiger partial charge in [0.2, 0.25) is 0 Å². The van der Waals surface area contributed by atoms with Gasteiger partial charge in [0.25, 0.3) is 0 Å². The molecule has 15 heavy (non-hydrogen) atoms. The van der Waals surface area contributed by atoms with Gasteiger partial charge in [-0.1, -0.05) is 6.07 Å². The molecular weight excluding hydrogens is 192 g/mol. The van der Waals surface area contributed by atoms with Crippen molar-refractivity contribution in [3.8, 4) is 11.5 Å². The van der Waals surface area contributed by atoms with E-state index in [1.807, 2.05) is 25.1 Å². The van der Waals surface area contributed by atoms with E-state index < -0.39 is 5.60 Å². The van der Waals surface area contributed by atoms with Crippen LogP contribution < -0.4 is 9.47 Å². The van der Waals surface area contributed by atoms with E-state index in [4.69, 9.17) is 9.47 Å². The lowest BCUT2D eigenvalue weighted by molar-refractivity contribution is 0.0719. The lowest BCUT2D eigenvalue weighted by Crippen LogP contribution is -2.18. The number of methoxy groups -OCH3 is 1. The Balaban J connectivity index is 3.27. The third kappa shape index (κ3) is 2.63. The molecule has 3 nitrogen and oxygen atoms in total. The summed E-state index contributed by atoms with van der Waals surface area (Å²) in [7, 11) is 1.58. The van der Waals surface area contributed by atoms with E-state index in [0.717, 1.165) is 0 Å². The van der Waals surface area contributed by atoms with E-state index in [-0.39, 0.29) is 0 Å². The maximum Gasteiger partial charge on any atom is 0.129 e. The van der Waals surface area contributed by atoms with Crippen LogP contribution in [0.5, 0.6) is 11.5 Å². The first-order valence-electron chi connectivity index (χ1n) is 5.03. The maximum absolute atomic E-state index is 10.0. The third-order valence-electron chi connectivity index (χ3n) is 2.12. The number of benzene rings is 1. The van der Waals surface area contributed by atoms with Crippen molar-refractivity contribution in [3.63, 3.8) is 0 Å². The Labute approximate surface area is 90.6 Å². The van der Waals surface area contributed by atoms with Crippen molar-refractivity contribution in [1.29, 1.82) is 0 Å². The molecule has 0 bridgehead atoms. The first-order chi connectivity index (χ1) is 7.00. The fraction of sp³-hybridized carbons (Fsp3) is 0.500. The minimum Gasteiger partial charge on any atom is -0.496 e. The van der Waals surface area contributed by atoms with Crippen LogP contribution in [-0.4, -0.2) is 18.8 Å². The Morgan fingerprint density at radius 3 is 2.33 bits per heavy atom. The second-order valence-corrected chi connectivity index (χ2v) is 3.83. The van der Waals surface area contributed by atoms with Crippen LogP contribution in [0.1, 0.15) is 26.3 Å². The molecule has 0 aromatic heterocycles. The maximum atomic E-state index is 10.0. The predicted octanol–water partition coefficient (Wildman–Crippen LogP) is 2.32. The molecule has 0 radical (unpaired) electrons. The number of aliphatic hydroxyl groups is 1. The zero-order valence-corrected chi connectivity index (χ0v) is 9.70. The molecule has 84 valence electrons. The Morgan fingerprint density at radius 2 is 1.87 bits per heavy atom. The summed E-state index contributed by atoms with van der Waals surface area (Å²) in [6.45, 7) is 5.91. The van der Waals surface area contributed by atoms with Gasteiger partial charge in [-0.3, -0.25) is 0 Å². The summed E-state index contributed by atoms with van der Waals surface area (Å²) >= 11 is 0. The van der Waals surface area contributed by atoms with Crippen molar-refractivity contribution >= 4 is 0 Å². The molecule has 1 aromatic carbocycles. The highest BCUT2D eigenvalue weighted by molar-refractivity contribution is 5.48. The van der Waals surface area contributed by atoms with Gasteiger partial charge in [-0.25, -0.2) is 0 Å². The fourth-order valence-corrected chi connectivity index (χ4v) is 1.56. The zero-order valence-electron chi connectivity index (χ0n) is 9.70. The molecule has 0 saturated carbocycles. The van der Waals surface area contributed by atoms with E-state index in [2.05, 4.69) is 0 Å². The molecule has 1 N–H and O–H groups in total. The predicted molar refractivity (Wildman–Crippen MR) is 59.4 cm³/mol. The highest BCUT2D eigenvalue weighted by Gasteiger charge is 2.25. The number of hydrogen-bond acceptors (Lipinski definition) is 3. The molecule has 0 atom stereocenters. The quantitative estimate of drug-likeness (QED) is 0.828. The van der Waals surface area contributed by atoms with Gasteiger partial charge in [0.15, 0.2) is 0 Å². The van der Waals surface area contributed by atoms with Crippen LogP contribution in [0, 0.1) is 0 Å². The standard InChI is InChI=1S/C12H18O3/c1-5-15-10-8-6-7-9(14-4)11(10)12(2,3)13/h6-8,13H,5H2,1-4H3. The summed E-state index contributed by atoms with van der Waals surface area (Å²) in [4.78, 5) is 0. The lowest BCUT2D eigenvalue weighted by Gasteiger charge is -2.23. The lowest BCUT2D eigenvalue weighted by atomic mass is 9.96. The SMILES string of the molecule is CCOc1cccc(OC)c1C(C)(C)O. The second-order valence-electron chi connectivity index (χ2n) is 3.83. The molecule has 0 aliphatic carbocycles. The molecule has 0 saturated heterocycles. The molecule has 0 unspecified atom stereocenters. The smallest absolute Gasteiger partial charge is 0.129 e. The summed E-state index contributed by atoms with van der Waals surface area (Å²) in [6.07, 6.45) is 0. The molecule has 0 aliphatic heterocycles. The highest BCUT2D eigenvalue weighted by Crippen LogP contribution is 2.37. The monoisotopic (exact) mass is 210 g/mol. The summed E-state index contributed by atoms with van der Waals surface area (Å²) in [6, 6.07) is 5.49. The first-order valence-corrected chi connectivity index (χ1v) is 5.03. The summed E-state index contributed by atoms with van der Waals surface area (Å²) in [5.41, 5.74) is -0.286. The Kier molecular flexibility index (Phi) is 3.58. The molecule has 0 fully saturated rings. The van der Waals surface area contributed by atoms with Crippen LogP contribution in [-0.2, 0) is 5.60 Å². The fourth-order valence-electron chi connectivity index (χ4n) is 1.56. The van der Waals surface area contributed by atoms with Crippen LogP contribution >= 0.6 is 0 Å². The summed E-state index contributed by atoms with van der Waals surface area (Å²) in [5, 5.41) is 10.0. The van der Waals surface area contributed by atoms with E-state index in [0.29, 0.717) is 23.7 Å². The van der Waals surface area contributed by atoms with Crippen LogP contribution in [0.3, 0.4) is 0 Å². The zero-order chi connectivity index (χ0) is 11.5. The van der Waals surface area contributed by atoms with Gasteiger partial charge in [0, 0.05) is 0 Å². The van der Waals surface area contributed by atoms with Crippen molar-refractivity contribution in [3.05, 3.63) is 23.8 Å². The topological polar surface area (TPSA) is 38.7 Å². The minimum atomic E-state index is -0.975. The van der Waals surface area contributed by atoms with Crippen molar-refractivity contribution in [2.24, 2.45) is 0 Å². The molecule has 0 spiro atoms. The van der Waals surface area contributed by atoms with Crippen LogP contribution in [0.4, 0.5) is 0 Å². The van der Waals surface area contributed by atoms with Crippen molar-refractivity contribution < 1.29 is 14.6 Å². The average molecular weight is 210 g/mol. The molecule has 0 heterocycles. The van der Waals surface area contributed by atoms with Gasteiger partial charge in [0.05, 0.1) is 24.9 Å². The molecule has 0 aliphatic rings. The molecule has 1 rings (SSSR count). The van der Waals surface area contributed by atoms with Gasteiger partial charge in [-0.15, -0.1) is 0 Å². The van der Waals surface area contributed by atoms with Crippen molar-refractivity contribution in [2.45, 2.75) is 26.4 Å². The third-order valence-corrected chi connectivity index (χ3v) is 2.12. The van der Waals surface area contributed by atoms with E-state index in [1.54, 1.807) is 21.0 Å². The van der Waals surface area contributed by atoms with E-state index in [9.17, 15) is 5.11 Å². The van der Waals surface area contributed by atoms with Crippen LogP contribution in [0.15, 0.2) is 18.2 Å². The van der Waals surface area contributed by atoms with Gasteiger partial charge < -0.3 is 14.6 Å². The number of ether oxygens (including phenoxy) is 2. The number of hydrogen-bond donors (Lipinski definition) is 1. The second kappa shape index (κ2) is 4.53. The van der Waals surface area contributed by atoms with E-state index in [1.165, 1.54) is 0 Å². The summed E-state index contributed by atoms with van der Waals surface area (Å²) in [5.74, 6) is 1.32. The van der Waals surface area contributed by atoms with Crippen LogP contribution in [0.2, 0.25) is 0 Å². The summed E-state index contributed by atoms with van der Waals surface area (Å²) < 4.78 is 10.7. The first kappa shape index (κ1) is 11.9. The number of rotatable bonds is 4. The normalized spacial score (nSPS) is 11.3. The highest BCUT2D eigenvalue weighted by atomic mass is 16.5. The van der Waals surface area contributed by atoms with Gasteiger partial charge in [-0.2, -0.15) is 0 Å². The largest absolute Gasteiger partial charge is 0.496 e. The molecular formula is C12H18O3. The van der Waals surface area contributed by atoms with Crippen molar-refractivity contribution in [2.75, 3.05) is 13.7 Å². The van der Waals surface area contributed by atoms with Crippen LogP contribution in [0.25, 0.3) is 0 Å². The molecule has 0 amide bonds. The Bertz CT molecular complexity index is 326. The van der Waals surface area contributed by atoms with E-state index >= 15 is 0 Å². The minimum absolute atomic E-state index is 0.566. The average Bonchev–Trinajstić information content (AvgIpc) is 2.16. The Hall–Kier alpha value is -1.22. The van der Waals surface area contributed by atoms with Gasteiger partial charge >= 0.3 is 0 Å². The van der Waals surface area contributed by atoms with Gasteiger partial charge in [0.1, 0.15) is 11.5 Å². The van der Waals surface area contributed by atoms with Gasteiger partial charge in [-0.05, 0) is 32.9 Å². The Morgan fingerprint density at radius 1 is 1.27 bits per heavy atom.